The monoisotopic (exact) mass is 231 g/mol. The van der Waals surface area contributed by atoms with E-state index in [1.165, 1.54) is 6.21 Å². The van der Waals surface area contributed by atoms with Crippen LogP contribution in [0.25, 0.3) is 0 Å². The van der Waals surface area contributed by atoms with Gasteiger partial charge in [0.05, 0.1) is 12.7 Å². The molecular formula is C9H17N3O4. The second kappa shape index (κ2) is 5.90. The summed E-state index contributed by atoms with van der Waals surface area (Å²) in [6.45, 7) is -0.379. The summed E-state index contributed by atoms with van der Waals surface area (Å²) in [5, 5.41) is 31.6. The number of nitrogens with zero attached hydrogens (tertiary/aromatic N) is 2. The highest BCUT2D eigenvalue weighted by atomic mass is 16.5. The minimum absolute atomic E-state index is 0.166. The maximum absolute atomic E-state index is 9.58. The van der Waals surface area contributed by atoms with Gasteiger partial charge in [0.1, 0.15) is 24.0 Å². The molecule has 92 valence electrons. The molecule has 1 rings (SSSR count). The van der Waals surface area contributed by atoms with E-state index in [1.807, 2.05) is 0 Å². The van der Waals surface area contributed by atoms with Gasteiger partial charge < -0.3 is 25.9 Å². The van der Waals surface area contributed by atoms with Crippen molar-refractivity contribution in [1.29, 1.82) is 0 Å². The Balaban J connectivity index is 2.76. The Labute approximate surface area is 93.2 Å². The third-order valence-corrected chi connectivity index (χ3v) is 2.49. The molecule has 1 heterocycles. The van der Waals surface area contributed by atoms with E-state index in [2.05, 4.69) is 10.1 Å². The molecule has 1 aliphatic heterocycles. The third-order valence-electron chi connectivity index (χ3n) is 2.49. The van der Waals surface area contributed by atoms with Crippen molar-refractivity contribution >= 4 is 11.9 Å². The van der Waals surface area contributed by atoms with Crippen molar-refractivity contribution in [2.24, 2.45) is 15.9 Å². The Hall–Kier alpha value is -1.02. The van der Waals surface area contributed by atoms with Gasteiger partial charge in [-0.3, -0.25) is 4.99 Å². The first-order valence-electron chi connectivity index (χ1n) is 4.96. The maximum atomic E-state index is 9.58. The number of hydrogen-bond acceptors (Lipinski definition) is 7. The smallest absolute Gasteiger partial charge is 0.110 e. The molecular weight excluding hydrogens is 214 g/mol. The molecule has 7 nitrogen and oxygen atoms in total. The van der Waals surface area contributed by atoms with Crippen molar-refractivity contribution in [3.63, 3.8) is 0 Å². The Morgan fingerprint density at radius 3 is 2.75 bits per heavy atom. The number of ether oxygens (including phenoxy) is 1. The van der Waals surface area contributed by atoms with Crippen molar-refractivity contribution in [2.75, 3.05) is 13.7 Å². The van der Waals surface area contributed by atoms with E-state index in [1.54, 1.807) is 7.05 Å². The van der Waals surface area contributed by atoms with Crippen molar-refractivity contribution in [3.05, 3.63) is 0 Å². The summed E-state index contributed by atoms with van der Waals surface area (Å²) >= 11 is 0. The Bertz CT molecular complexity index is 282. The zero-order chi connectivity index (χ0) is 12.1. The molecule has 0 saturated carbocycles. The molecule has 7 heteroatoms. The Morgan fingerprint density at radius 1 is 1.56 bits per heavy atom. The van der Waals surface area contributed by atoms with Gasteiger partial charge in [-0.2, -0.15) is 5.10 Å². The zero-order valence-electron chi connectivity index (χ0n) is 9.02. The van der Waals surface area contributed by atoms with E-state index >= 15 is 0 Å². The summed E-state index contributed by atoms with van der Waals surface area (Å²) in [5.41, 5.74) is 0.367. The number of aliphatic hydroxyl groups excluding tert-OH is 3. The van der Waals surface area contributed by atoms with Gasteiger partial charge >= 0.3 is 0 Å². The number of aliphatic imine (C=N–C) groups is 1. The SMILES string of the molecule is CN=C/C(=N\N)C1CC(O)C(O)C(CO)O1. The molecule has 0 aromatic heterocycles. The summed E-state index contributed by atoms with van der Waals surface area (Å²) in [6, 6.07) is 0. The van der Waals surface area contributed by atoms with Crippen LogP contribution in [0.2, 0.25) is 0 Å². The van der Waals surface area contributed by atoms with Crippen LogP contribution in [0.15, 0.2) is 10.1 Å². The number of hydrazone groups is 1. The van der Waals surface area contributed by atoms with Crippen LogP contribution >= 0.6 is 0 Å². The van der Waals surface area contributed by atoms with Gasteiger partial charge in [-0.05, 0) is 0 Å². The minimum Gasteiger partial charge on any atom is -0.394 e. The van der Waals surface area contributed by atoms with Gasteiger partial charge in [0.25, 0.3) is 0 Å². The van der Waals surface area contributed by atoms with Crippen LogP contribution < -0.4 is 5.84 Å². The molecule has 0 aromatic rings. The van der Waals surface area contributed by atoms with E-state index in [-0.39, 0.29) is 13.0 Å². The molecule has 1 fully saturated rings. The molecule has 0 bridgehead atoms. The standard InChI is InChI=1S/C9H17N3O4/c1-11-3-5(12-10)7-2-6(14)9(15)8(4-13)16-7/h3,6-9,13-15H,2,4,10H2,1H3/b11-3?,12-5+. The van der Waals surface area contributed by atoms with Gasteiger partial charge in [-0.25, -0.2) is 0 Å². The molecule has 4 unspecified atom stereocenters. The van der Waals surface area contributed by atoms with E-state index < -0.39 is 24.4 Å². The van der Waals surface area contributed by atoms with Crippen LogP contribution in [0.4, 0.5) is 0 Å². The quantitative estimate of drug-likeness (QED) is 0.251. The van der Waals surface area contributed by atoms with Crippen LogP contribution in [0.1, 0.15) is 6.42 Å². The predicted octanol–water partition coefficient (Wildman–Crippen LogP) is -2.13. The number of nitrogens with two attached hydrogens (primary N) is 1. The van der Waals surface area contributed by atoms with Crippen molar-refractivity contribution < 1.29 is 20.1 Å². The van der Waals surface area contributed by atoms with Gasteiger partial charge in [0.2, 0.25) is 0 Å². The van der Waals surface area contributed by atoms with E-state index in [0.29, 0.717) is 5.71 Å². The first kappa shape index (κ1) is 13.0. The van der Waals surface area contributed by atoms with Crippen LogP contribution in [0.5, 0.6) is 0 Å². The van der Waals surface area contributed by atoms with Gasteiger partial charge in [0.15, 0.2) is 0 Å². The van der Waals surface area contributed by atoms with Gasteiger partial charge in [-0.1, -0.05) is 0 Å². The molecule has 0 amide bonds. The lowest BCUT2D eigenvalue weighted by Crippen LogP contribution is -2.52. The van der Waals surface area contributed by atoms with E-state index in [9.17, 15) is 10.2 Å². The maximum Gasteiger partial charge on any atom is 0.110 e. The normalized spacial score (nSPS) is 36.9. The van der Waals surface area contributed by atoms with E-state index in [0.717, 1.165) is 0 Å². The summed E-state index contributed by atoms with van der Waals surface area (Å²) in [4.78, 5) is 3.75. The van der Waals surface area contributed by atoms with Gasteiger partial charge in [0, 0.05) is 19.7 Å². The average Bonchev–Trinajstić information content (AvgIpc) is 2.29. The highest BCUT2D eigenvalue weighted by Crippen LogP contribution is 2.20. The Morgan fingerprint density at radius 2 is 2.25 bits per heavy atom. The fourth-order valence-corrected chi connectivity index (χ4v) is 1.63. The second-order valence-corrected chi connectivity index (χ2v) is 3.58. The molecule has 0 radical (unpaired) electrons. The zero-order valence-corrected chi connectivity index (χ0v) is 9.02. The second-order valence-electron chi connectivity index (χ2n) is 3.58. The molecule has 0 aromatic carbocycles. The summed E-state index contributed by atoms with van der Waals surface area (Å²) < 4.78 is 5.36. The van der Waals surface area contributed by atoms with Crippen LogP contribution in [-0.4, -0.2) is 65.3 Å². The number of hydrogen-bond donors (Lipinski definition) is 4. The highest BCUT2D eigenvalue weighted by Gasteiger charge is 2.37. The summed E-state index contributed by atoms with van der Waals surface area (Å²) in [5.74, 6) is 5.17. The van der Waals surface area contributed by atoms with Crippen molar-refractivity contribution in [1.82, 2.24) is 0 Å². The first-order valence-corrected chi connectivity index (χ1v) is 4.96. The largest absolute Gasteiger partial charge is 0.394 e. The molecule has 4 atom stereocenters. The third kappa shape index (κ3) is 2.76. The lowest BCUT2D eigenvalue weighted by Gasteiger charge is -2.36. The fraction of sp³-hybridized carbons (Fsp3) is 0.778. The molecule has 16 heavy (non-hydrogen) atoms. The number of aliphatic hydroxyl groups is 3. The molecule has 1 aliphatic rings. The van der Waals surface area contributed by atoms with Crippen LogP contribution in [0, 0.1) is 0 Å². The number of rotatable bonds is 3. The summed E-state index contributed by atoms with van der Waals surface area (Å²) in [6.07, 6.45) is -1.89. The van der Waals surface area contributed by atoms with Crippen molar-refractivity contribution in [3.8, 4) is 0 Å². The summed E-state index contributed by atoms with van der Waals surface area (Å²) in [7, 11) is 1.56. The lowest BCUT2D eigenvalue weighted by atomic mass is 9.96. The molecule has 1 saturated heterocycles. The minimum atomic E-state index is -1.10. The lowest BCUT2D eigenvalue weighted by molar-refractivity contribution is -0.162. The van der Waals surface area contributed by atoms with Crippen molar-refractivity contribution in [2.45, 2.75) is 30.8 Å². The topological polar surface area (TPSA) is 121 Å². The molecule has 0 aliphatic carbocycles. The van der Waals surface area contributed by atoms with Crippen LogP contribution in [-0.2, 0) is 4.74 Å². The molecule has 0 spiro atoms. The van der Waals surface area contributed by atoms with E-state index in [4.69, 9.17) is 15.7 Å². The molecule has 5 N–H and O–H groups in total. The fourth-order valence-electron chi connectivity index (χ4n) is 1.63. The van der Waals surface area contributed by atoms with Crippen LogP contribution in [0.3, 0.4) is 0 Å². The first-order chi connectivity index (χ1) is 7.63. The van der Waals surface area contributed by atoms with Gasteiger partial charge in [-0.15, -0.1) is 0 Å². The highest BCUT2D eigenvalue weighted by molar-refractivity contribution is 6.32. The average molecular weight is 231 g/mol. The Kier molecular flexibility index (Phi) is 4.81. The predicted molar refractivity (Wildman–Crippen MR) is 58.4 cm³/mol.